The number of non-ortho nitro benzene ring substituents is 1. The quantitative estimate of drug-likeness (QED) is 0.274. The summed E-state index contributed by atoms with van der Waals surface area (Å²) >= 11 is 0. The van der Waals surface area contributed by atoms with Crippen LogP contribution in [-0.4, -0.2) is 22.9 Å². The predicted molar refractivity (Wildman–Crippen MR) is 86.1 cm³/mol. The van der Waals surface area contributed by atoms with Crippen molar-refractivity contribution in [3.05, 3.63) is 79.9 Å². The van der Waals surface area contributed by atoms with Gasteiger partial charge in [0.2, 0.25) is 0 Å². The molecule has 122 valence electrons. The van der Waals surface area contributed by atoms with Crippen LogP contribution in [0.15, 0.2) is 48.5 Å². The monoisotopic (exact) mass is 328 g/mol. The molecule has 0 N–H and O–H groups in total. The summed E-state index contributed by atoms with van der Waals surface area (Å²) in [4.78, 5) is 32.7. The van der Waals surface area contributed by atoms with Crippen LogP contribution in [0.2, 0.25) is 0 Å². The van der Waals surface area contributed by atoms with Crippen molar-refractivity contribution >= 4 is 29.0 Å². The molecule has 0 atom stereocenters. The molecule has 0 aliphatic rings. The van der Waals surface area contributed by atoms with Crippen molar-refractivity contribution in [2.24, 2.45) is 0 Å². The first-order valence-electron chi connectivity index (χ1n) is 6.72. The zero-order valence-electron chi connectivity index (χ0n) is 12.5. The minimum Gasteiger partial charge on any atom is -0.465 e. The number of nitrogens with zero attached hydrogens (tertiary/aromatic N) is 2. The third kappa shape index (κ3) is 3.61. The number of carbonyl (C=O) groups excluding carboxylic acids is 1. The summed E-state index contributed by atoms with van der Waals surface area (Å²) < 4.78 is 4.70. The van der Waals surface area contributed by atoms with Crippen molar-refractivity contribution < 1.29 is 19.4 Å². The summed E-state index contributed by atoms with van der Waals surface area (Å²) in [5.41, 5.74) is 0.221. The van der Waals surface area contributed by atoms with Gasteiger partial charge >= 0.3 is 5.97 Å². The largest absolute Gasteiger partial charge is 0.465 e. The zero-order chi connectivity index (χ0) is 17.7. The molecule has 0 aromatic heterocycles. The molecule has 0 aliphatic heterocycles. The van der Waals surface area contributed by atoms with Crippen LogP contribution in [0.4, 0.5) is 11.4 Å². The molecule has 8 nitrogen and oxygen atoms in total. The Bertz CT molecular complexity index is 827. The summed E-state index contributed by atoms with van der Waals surface area (Å²) in [6.45, 7) is 0. The Balaban J connectivity index is 2.56. The number of esters is 1. The minimum atomic E-state index is -0.748. The van der Waals surface area contributed by atoms with Gasteiger partial charge in [-0.3, -0.25) is 20.2 Å². The first-order chi connectivity index (χ1) is 11.4. The van der Waals surface area contributed by atoms with E-state index >= 15 is 0 Å². The molecule has 0 saturated carbocycles. The Morgan fingerprint density at radius 2 is 1.62 bits per heavy atom. The third-order valence-corrected chi connectivity index (χ3v) is 3.21. The van der Waals surface area contributed by atoms with Crippen molar-refractivity contribution in [3.63, 3.8) is 0 Å². The summed E-state index contributed by atoms with van der Waals surface area (Å²) in [6.07, 6.45) is 1.39. The lowest BCUT2D eigenvalue weighted by Gasteiger charge is -2.07. The first-order valence-corrected chi connectivity index (χ1v) is 6.72. The zero-order valence-corrected chi connectivity index (χ0v) is 12.5. The Morgan fingerprint density at radius 3 is 2.17 bits per heavy atom. The van der Waals surface area contributed by atoms with Crippen molar-refractivity contribution in [2.45, 2.75) is 0 Å². The van der Waals surface area contributed by atoms with E-state index < -0.39 is 15.8 Å². The van der Waals surface area contributed by atoms with Gasteiger partial charge in [-0.05, 0) is 29.8 Å². The molecule has 0 heterocycles. The highest BCUT2D eigenvalue weighted by Crippen LogP contribution is 2.28. The molecule has 8 heteroatoms. The number of hydrogen-bond donors (Lipinski definition) is 0. The van der Waals surface area contributed by atoms with Crippen molar-refractivity contribution in [1.29, 1.82) is 0 Å². The third-order valence-electron chi connectivity index (χ3n) is 3.21. The Kier molecular flexibility index (Phi) is 5.00. The average molecular weight is 328 g/mol. The molecule has 0 amide bonds. The van der Waals surface area contributed by atoms with Gasteiger partial charge in [-0.1, -0.05) is 12.1 Å². The molecular formula is C16H12N2O6. The maximum absolute atomic E-state index is 12.0. The molecule has 0 bridgehead atoms. The fourth-order valence-electron chi connectivity index (χ4n) is 2.08. The number of nitro benzene ring substituents is 2. The Hall–Kier alpha value is -3.55. The summed E-state index contributed by atoms with van der Waals surface area (Å²) in [5.74, 6) is -0.748. The Morgan fingerprint density at radius 1 is 1.00 bits per heavy atom. The lowest BCUT2D eigenvalue weighted by atomic mass is 10.0. The number of benzene rings is 2. The normalized spacial score (nSPS) is 11.0. The fourth-order valence-corrected chi connectivity index (χ4v) is 2.08. The van der Waals surface area contributed by atoms with Gasteiger partial charge in [-0.2, -0.15) is 0 Å². The number of hydrogen-bond acceptors (Lipinski definition) is 6. The predicted octanol–water partition coefficient (Wildman–Crippen LogP) is 3.22. The van der Waals surface area contributed by atoms with Gasteiger partial charge in [0.05, 0.1) is 28.1 Å². The van der Waals surface area contributed by atoms with Crippen molar-refractivity contribution in [2.75, 3.05) is 7.11 Å². The van der Waals surface area contributed by atoms with Crippen molar-refractivity contribution in [3.8, 4) is 0 Å². The molecule has 0 radical (unpaired) electrons. The van der Waals surface area contributed by atoms with E-state index in [0.717, 1.165) is 0 Å². The SMILES string of the molecule is COC(=O)/C(=C/c1ccc([N+](=O)[O-])cc1)c1ccccc1[N+](=O)[O-]. The number of rotatable bonds is 5. The van der Waals surface area contributed by atoms with Gasteiger partial charge in [-0.15, -0.1) is 0 Å². The van der Waals surface area contributed by atoms with Crippen LogP contribution in [0, 0.1) is 20.2 Å². The average Bonchev–Trinajstić information content (AvgIpc) is 2.59. The second-order valence-corrected chi connectivity index (χ2v) is 4.67. The molecule has 0 unspecified atom stereocenters. The van der Waals surface area contributed by atoms with Gasteiger partial charge in [-0.25, -0.2) is 4.79 Å². The standard InChI is InChI=1S/C16H12N2O6/c1-24-16(19)14(13-4-2-3-5-15(13)18(22)23)10-11-6-8-12(9-7-11)17(20)21/h2-10H,1H3/b14-10+. The fraction of sp³-hybridized carbons (Fsp3) is 0.0625. The highest BCUT2D eigenvalue weighted by atomic mass is 16.6. The van der Waals surface area contributed by atoms with Crippen LogP contribution < -0.4 is 0 Å². The van der Waals surface area contributed by atoms with Gasteiger partial charge in [0.1, 0.15) is 0 Å². The van der Waals surface area contributed by atoms with Gasteiger partial charge in [0.25, 0.3) is 11.4 Å². The van der Waals surface area contributed by atoms with E-state index in [4.69, 9.17) is 4.74 Å². The van der Waals surface area contributed by atoms with E-state index in [1.165, 1.54) is 55.7 Å². The minimum absolute atomic E-state index is 0.0151. The van der Waals surface area contributed by atoms with E-state index in [0.29, 0.717) is 5.56 Å². The van der Waals surface area contributed by atoms with E-state index in [1.807, 2.05) is 0 Å². The molecule has 24 heavy (non-hydrogen) atoms. The van der Waals surface area contributed by atoms with Crippen LogP contribution >= 0.6 is 0 Å². The first kappa shape index (κ1) is 16.8. The molecule has 2 aromatic rings. The van der Waals surface area contributed by atoms with Gasteiger partial charge in [0, 0.05) is 18.2 Å². The molecule has 0 spiro atoms. The summed E-state index contributed by atoms with van der Waals surface area (Å²) in [5, 5.41) is 21.8. The highest BCUT2D eigenvalue weighted by Gasteiger charge is 2.22. The van der Waals surface area contributed by atoms with Gasteiger partial charge in [0.15, 0.2) is 0 Å². The van der Waals surface area contributed by atoms with Crippen LogP contribution in [0.3, 0.4) is 0 Å². The van der Waals surface area contributed by atoms with Crippen LogP contribution in [0.25, 0.3) is 11.6 Å². The summed E-state index contributed by atoms with van der Waals surface area (Å²) in [6, 6.07) is 11.2. The number of ether oxygens (including phenoxy) is 1. The molecule has 0 aliphatic carbocycles. The number of para-hydroxylation sites is 1. The molecular weight excluding hydrogens is 316 g/mol. The van der Waals surface area contributed by atoms with E-state index in [1.54, 1.807) is 6.07 Å². The van der Waals surface area contributed by atoms with Crippen molar-refractivity contribution in [1.82, 2.24) is 0 Å². The summed E-state index contributed by atoms with van der Waals surface area (Å²) in [7, 11) is 1.17. The maximum Gasteiger partial charge on any atom is 0.338 e. The second-order valence-electron chi connectivity index (χ2n) is 4.67. The smallest absolute Gasteiger partial charge is 0.338 e. The van der Waals surface area contributed by atoms with E-state index in [2.05, 4.69) is 0 Å². The number of nitro groups is 2. The number of carbonyl (C=O) groups is 1. The van der Waals surface area contributed by atoms with Gasteiger partial charge < -0.3 is 4.74 Å². The molecule has 2 aromatic carbocycles. The topological polar surface area (TPSA) is 113 Å². The van der Waals surface area contributed by atoms with E-state index in [-0.39, 0.29) is 22.5 Å². The lowest BCUT2D eigenvalue weighted by Crippen LogP contribution is -2.06. The van der Waals surface area contributed by atoms with Crippen LogP contribution in [0.1, 0.15) is 11.1 Å². The van der Waals surface area contributed by atoms with E-state index in [9.17, 15) is 25.0 Å². The molecule has 2 rings (SSSR count). The second kappa shape index (κ2) is 7.14. The molecule has 0 fully saturated rings. The highest BCUT2D eigenvalue weighted by molar-refractivity contribution is 6.22. The lowest BCUT2D eigenvalue weighted by molar-refractivity contribution is -0.385. The maximum atomic E-state index is 12.0. The Labute approximate surface area is 136 Å². The van der Waals surface area contributed by atoms with Crippen LogP contribution in [0.5, 0.6) is 0 Å². The number of methoxy groups -OCH3 is 1. The van der Waals surface area contributed by atoms with Crippen LogP contribution in [-0.2, 0) is 9.53 Å². The molecule has 0 saturated heterocycles.